The molecule has 2 aromatic heterocycles. The Labute approximate surface area is 140 Å². The molecule has 11 heteroatoms. The predicted molar refractivity (Wildman–Crippen MR) is 78.1 cm³/mol. The number of rotatable bonds is 5. The molecule has 1 aliphatic heterocycles. The number of aromatic nitrogens is 5. The van der Waals surface area contributed by atoms with Gasteiger partial charge >= 0.3 is 11.7 Å². The van der Waals surface area contributed by atoms with Crippen molar-refractivity contribution in [2.24, 2.45) is 5.92 Å². The quantitative estimate of drug-likeness (QED) is 0.722. The molecule has 9 nitrogen and oxygen atoms in total. The fourth-order valence-electron chi connectivity index (χ4n) is 2.63. The van der Waals surface area contributed by atoms with E-state index in [4.69, 9.17) is 9.47 Å². The Morgan fingerprint density at radius 1 is 1.52 bits per heavy atom. The van der Waals surface area contributed by atoms with Crippen LogP contribution in [0, 0.1) is 5.92 Å². The molecule has 134 valence electrons. The van der Waals surface area contributed by atoms with E-state index in [9.17, 15) is 18.4 Å². The van der Waals surface area contributed by atoms with Crippen LogP contribution in [0.25, 0.3) is 5.82 Å². The van der Waals surface area contributed by atoms with E-state index in [2.05, 4.69) is 15.1 Å². The maximum Gasteiger partial charge on any atom is 0.351 e. The van der Waals surface area contributed by atoms with E-state index in [-0.39, 0.29) is 18.8 Å². The summed E-state index contributed by atoms with van der Waals surface area (Å²) in [6.45, 7) is 0.890. The van der Waals surface area contributed by atoms with Gasteiger partial charge in [0.05, 0.1) is 5.92 Å². The molecule has 0 aromatic carbocycles. The third kappa shape index (κ3) is 3.71. The van der Waals surface area contributed by atoms with Crippen LogP contribution in [0.15, 0.2) is 29.7 Å². The zero-order chi connectivity index (χ0) is 18.0. The van der Waals surface area contributed by atoms with Crippen LogP contribution in [0.2, 0.25) is 0 Å². The fraction of sp³-hybridized carbons (Fsp3) is 0.500. The standard InChI is InChI=1S/C14H15F2N5O4/c1-8(22)24-5-10-9(13(15)16)4-12(25-10)20-3-2-11(19-14(20)23)21-7-17-6-18-21/h2-3,6-7,9-10,12-13H,4-5H2,1H3/t9-,10?,12+/m0/s1. The van der Waals surface area contributed by atoms with Crippen molar-refractivity contribution in [3.05, 3.63) is 35.4 Å². The first-order valence-electron chi connectivity index (χ1n) is 7.47. The van der Waals surface area contributed by atoms with Gasteiger partial charge in [-0.2, -0.15) is 10.1 Å². The van der Waals surface area contributed by atoms with E-state index in [1.54, 1.807) is 0 Å². The third-order valence-corrected chi connectivity index (χ3v) is 3.84. The second-order valence-corrected chi connectivity index (χ2v) is 5.48. The molecular weight excluding hydrogens is 340 g/mol. The molecule has 0 saturated carbocycles. The van der Waals surface area contributed by atoms with E-state index in [0.717, 1.165) is 4.57 Å². The van der Waals surface area contributed by atoms with E-state index >= 15 is 0 Å². The summed E-state index contributed by atoms with van der Waals surface area (Å²) in [6, 6.07) is 1.50. The van der Waals surface area contributed by atoms with Gasteiger partial charge in [0.25, 0.3) is 0 Å². The van der Waals surface area contributed by atoms with Gasteiger partial charge in [-0.05, 0) is 6.07 Å². The normalized spacial score (nSPS) is 23.1. The highest BCUT2D eigenvalue weighted by atomic mass is 19.3. The van der Waals surface area contributed by atoms with Crippen LogP contribution >= 0.6 is 0 Å². The lowest BCUT2D eigenvalue weighted by Crippen LogP contribution is -2.29. The molecule has 25 heavy (non-hydrogen) atoms. The molecule has 0 amide bonds. The van der Waals surface area contributed by atoms with Gasteiger partial charge in [0.2, 0.25) is 6.43 Å². The second-order valence-electron chi connectivity index (χ2n) is 5.48. The summed E-state index contributed by atoms with van der Waals surface area (Å²) in [4.78, 5) is 30.7. The van der Waals surface area contributed by atoms with Crippen molar-refractivity contribution in [2.45, 2.75) is 32.1 Å². The smallest absolute Gasteiger partial charge is 0.351 e. The van der Waals surface area contributed by atoms with E-state index in [0.29, 0.717) is 0 Å². The average Bonchev–Trinajstić information content (AvgIpc) is 3.22. The number of hydrogen-bond acceptors (Lipinski definition) is 7. The third-order valence-electron chi connectivity index (χ3n) is 3.84. The topological polar surface area (TPSA) is 101 Å². The Kier molecular flexibility index (Phi) is 4.83. The van der Waals surface area contributed by atoms with Gasteiger partial charge < -0.3 is 9.47 Å². The lowest BCUT2D eigenvalue weighted by Gasteiger charge is -2.17. The van der Waals surface area contributed by atoms with Gasteiger partial charge in [-0.15, -0.1) is 0 Å². The number of carbonyl (C=O) groups is 1. The van der Waals surface area contributed by atoms with Gasteiger partial charge in [-0.25, -0.2) is 23.2 Å². The minimum Gasteiger partial charge on any atom is -0.463 e. The summed E-state index contributed by atoms with van der Waals surface area (Å²) in [6.07, 6.45) is -0.592. The van der Waals surface area contributed by atoms with Crippen molar-refractivity contribution in [2.75, 3.05) is 6.61 Å². The van der Waals surface area contributed by atoms with Crippen molar-refractivity contribution in [3.63, 3.8) is 0 Å². The molecule has 3 rings (SSSR count). The summed E-state index contributed by atoms with van der Waals surface area (Å²) in [5.41, 5.74) is -0.667. The first-order valence-corrected chi connectivity index (χ1v) is 7.47. The number of hydrogen-bond donors (Lipinski definition) is 0. The van der Waals surface area contributed by atoms with E-state index in [1.165, 1.54) is 36.5 Å². The first kappa shape index (κ1) is 17.1. The lowest BCUT2D eigenvalue weighted by molar-refractivity contribution is -0.147. The molecule has 3 atom stereocenters. The highest BCUT2D eigenvalue weighted by Crippen LogP contribution is 2.36. The van der Waals surface area contributed by atoms with Gasteiger partial charge in [0.1, 0.15) is 31.6 Å². The van der Waals surface area contributed by atoms with E-state index in [1.807, 2.05) is 0 Å². The molecule has 0 N–H and O–H groups in total. The Morgan fingerprint density at radius 3 is 2.92 bits per heavy atom. The Hall–Kier alpha value is -2.69. The zero-order valence-corrected chi connectivity index (χ0v) is 13.2. The predicted octanol–water partition coefficient (Wildman–Crippen LogP) is 0.556. The molecule has 0 spiro atoms. The van der Waals surface area contributed by atoms with Crippen molar-refractivity contribution < 1.29 is 23.0 Å². The van der Waals surface area contributed by atoms with Gasteiger partial charge in [0, 0.05) is 19.5 Å². The molecule has 2 aromatic rings. The summed E-state index contributed by atoms with van der Waals surface area (Å²) in [5.74, 6) is -1.49. The monoisotopic (exact) mass is 355 g/mol. The minimum absolute atomic E-state index is 0.0894. The van der Waals surface area contributed by atoms with Crippen molar-refractivity contribution in [1.82, 2.24) is 24.3 Å². The van der Waals surface area contributed by atoms with Crippen LogP contribution in [0.4, 0.5) is 8.78 Å². The Morgan fingerprint density at radius 2 is 2.32 bits per heavy atom. The Bertz CT molecular complexity index is 795. The Balaban J connectivity index is 1.79. The van der Waals surface area contributed by atoms with Crippen LogP contribution in [0.3, 0.4) is 0 Å². The lowest BCUT2D eigenvalue weighted by atomic mass is 10.0. The highest BCUT2D eigenvalue weighted by Gasteiger charge is 2.42. The van der Waals surface area contributed by atoms with Crippen LogP contribution in [0.5, 0.6) is 0 Å². The molecule has 1 aliphatic rings. The summed E-state index contributed by atoms with van der Waals surface area (Å²) in [7, 11) is 0. The van der Waals surface area contributed by atoms with Gasteiger partial charge in [0.15, 0.2) is 5.82 Å². The first-order chi connectivity index (χ1) is 12.0. The SMILES string of the molecule is CC(=O)OCC1O[C@@H](n2ccc(-n3cncn3)nc2=O)C[C@@H]1C(F)F. The minimum atomic E-state index is -2.66. The second kappa shape index (κ2) is 7.05. The molecular formula is C14H15F2N5O4. The van der Waals surface area contributed by atoms with Crippen LogP contribution in [0.1, 0.15) is 19.6 Å². The molecule has 3 heterocycles. The number of nitrogens with zero attached hydrogens (tertiary/aromatic N) is 5. The molecule has 0 bridgehead atoms. The zero-order valence-electron chi connectivity index (χ0n) is 13.2. The largest absolute Gasteiger partial charge is 0.463 e. The number of halogens is 2. The van der Waals surface area contributed by atoms with Crippen LogP contribution < -0.4 is 5.69 Å². The number of alkyl halides is 2. The molecule has 1 unspecified atom stereocenters. The number of ether oxygens (including phenoxy) is 2. The highest BCUT2D eigenvalue weighted by molar-refractivity contribution is 5.65. The fourth-order valence-corrected chi connectivity index (χ4v) is 2.63. The molecule has 0 radical (unpaired) electrons. The van der Waals surface area contributed by atoms with Crippen molar-refractivity contribution in [1.29, 1.82) is 0 Å². The maximum absolute atomic E-state index is 13.2. The van der Waals surface area contributed by atoms with Crippen LogP contribution in [-0.4, -0.2) is 49.4 Å². The summed E-state index contributed by atoms with van der Waals surface area (Å²) < 4.78 is 39.1. The molecule has 0 aliphatic carbocycles. The van der Waals surface area contributed by atoms with Gasteiger partial charge in [-0.1, -0.05) is 0 Å². The summed E-state index contributed by atoms with van der Waals surface area (Å²) >= 11 is 0. The van der Waals surface area contributed by atoms with E-state index < -0.39 is 36.3 Å². The van der Waals surface area contributed by atoms with Gasteiger partial charge in [-0.3, -0.25) is 9.36 Å². The molecule has 1 saturated heterocycles. The van der Waals surface area contributed by atoms with Crippen molar-refractivity contribution in [3.8, 4) is 5.82 Å². The number of esters is 1. The summed E-state index contributed by atoms with van der Waals surface area (Å²) in [5, 5.41) is 3.86. The van der Waals surface area contributed by atoms with Crippen LogP contribution in [-0.2, 0) is 14.3 Å². The number of carbonyl (C=O) groups excluding carboxylic acids is 1. The molecule has 1 fully saturated rings. The average molecular weight is 355 g/mol. The maximum atomic E-state index is 13.2. The van der Waals surface area contributed by atoms with Crippen molar-refractivity contribution >= 4 is 5.97 Å².